The van der Waals surface area contributed by atoms with E-state index in [-0.39, 0.29) is 11.8 Å². The first-order chi connectivity index (χ1) is 13.7. The van der Waals surface area contributed by atoms with Gasteiger partial charge in [-0.25, -0.2) is 0 Å². The fourth-order valence-electron chi connectivity index (χ4n) is 3.36. The van der Waals surface area contributed by atoms with Crippen molar-refractivity contribution in [3.05, 3.63) is 54.9 Å². The van der Waals surface area contributed by atoms with E-state index in [1.165, 1.54) is 0 Å². The maximum atomic E-state index is 12.1. The normalized spacial score (nSPS) is 17.9. The summed E-state index contributed by atoms with van der Waals surface area (Å²) in [7, 11) is 1.66. The van der Waals surface area contributed by atoms with Gasteiger partial charge < -0.3 is 10.1 Å². The maximum Gasteiger partial charge on any atom is 0.223 e. The van der Waals surface area contributed by atoms with Crippen LogP contribution in [0.25, 0.3) is 22.5 Å². The van der Waals surface area contributed by atoms with E-state index in [0.29, 0.717) is 19.0 Å². The number of amides is 1. The van der Waals surface area contributed by atoms with Crippen molar-refractivity contribution in [3.8, 4) is 28.3 Å². The Morgan fingerprint density at radius 3 is 2.79 bits per heavy atom. The first-order valence-electron chi connectivity index (χ1n) is 9.56. The first-order valence-corrected chi connectivity index (χ1v) is 9.56. The van der Waals surface area contributed by atoms with Gasteiger partial charge >= 0.3 is 0 Å². The highest BCUT2D eigenvalue weighted by atomic mass is 16.5. The Morgan fingerprint density at radius 2 is 2.07 bits per heavy atom. The molecule has 3 aromatic rings. The number of pyridine rings is 1. The summed E-state index contributed by atoms with van der Waals surface area (Å²) >= 11 is 0. The largest absolute Gasteiger partial charge is 0.497 e. The van der Waals surface area contributed by atoms with Crippen molar-refractivity contribution in [2.45, 2.75) is 19.9 Å². The van der Waals surface area contributed by atoms with Gasteiger partial charge in [0.25, 0.3) is 0 Å². The van der Waals surface area contributed by atoms with Gasteiger partial charge in [-0.3, -0.25) is 14.5 Å². The Hall–Kier alpha value is -3.15. The average Bonchev–Trinajstić information content (AvgIpc) is 3.32. The summed E-state index contributed by atoms with van der Waals surface area (Å²) in [5.41, 5.74) is 3.81. The molecule has 0 spiro atoms. The van der Waals surface area contributed by atoms with Crippen LogP contribution in [0.2, 0.25) is 0 Å². The van der Waals surface area contributed by atoms with Gasteiger partial charge in [-0.1, -0.05) is 19.1 Å². The first kappa shape index (κ1) is 18.2. The smallest absolute Gasteiger partial charge is 0.223 e. The molecule has 2 heterocycles. The Morgan fingerprint density at radius 1 is 1.25 bits per heavy atom. The van der Waals surface area contributed by atoms with E-state index in [2.05, 4.69) is 23.3 Å². The summed E-state index contributed by atoms with van der Waals surface area (Å²) in [6.45, 7) is 3.26. The van der Waals surface area contributed by atoms with Crippen molar-refractivity contribution < 1.29 is 9.53 Å². The van der Waals surface area contributed by atoms with Crippen LogP contribution in [0.15, 0.2) is 54.9 Å². The molecule has 6 nitrogen and oxygen atoms in total. The second kappa shape index (κ2) is 7.84. The molecule has 1 amide bonds. The topological polar surface area (TPSA) is 69.0 Å². The van der Waals surface area contributed by atoms with E-state index in [1.54, 1.807) is 19.5 Å². The van der Waals surface area contributed by atoms with Gasteiger partial charge in [0.05, 0.1) is 25.0 Å². The predicted molar refractivity (Wildman–Crippen MR) is 108 cm³/mol. The molecule has 1 saturated carbocycles. The fraction of sp³-hybridized carbons (Fsp3) is 0.318. The summed E-state index contributed by atoms with van der Waals surface area (Å²) in [6, 6.07) is 13.9. The van der Waals surface area contributed by atoms with Crippen molar-refractivity contribution in [2.75, 3.05) is 13.7 Å². The third-order valence-electron chi connectivity index (χ3n) is 5.17. The number of carbonyl (C=O) groups excluding carboxylic acids is 1. The van der Waals surface area contributed by atoms with E-state index in [9.17, 15) is 4.79 Å². The molecule has 0 aliphatic heterocycles. The number of nitrogens with zero attached hydrogens (tertiary/aromatic N) is 3. The molecule has 0 bridgehead atoms. The minimum Gasteiger partial charge on any atom is -0.497 e. The standard InChI is InChI=1S/C22H24N4O2/c1-15-11-19(15)22(27)24-9-10-26-21(16-5-3-7-18(12-16)28-2)13-20(25-26)17-6-4-8-23-14-17/h3-8,12-15,19H,9-11H2,1-2H3,(H,24,27)/t15-,19-/m0/s1. The number of hydrogen-bond donors (Lipinski definition) is 1. The lowest BCUT2D eigenvalue weighted by atomic mass is 10.1. The third kappa shape index (κ3) is 3.91. The van der Waals surface area contributed by atoms with Gasteiger partial charge in [-0.05, 0) is 42.7 Å². The van der Waals surface area contributed by atoms with Crippen molar-refractivity contribution in [1.29, 1.82) is 0 Å². The average molecular weight is 376 g/mol. The minimum atomic E-state index is 0.148. The van der Waals surface area contributed by atoms with Crippen molar-refractivity contribution in [1.82, 2.24) is 20.1 Å². The van der Waals surface area contributed by atoms with Gasteiger partial charge in [0.1, 0.15) is 5.75 Å². The van der Waals surface area contributed by atoms with Gasteiger partial charge in [0.2, 0.25) is 5.91 Å². The molecule has 6 heteroatoms. The molecule has 2 atom stereocenters. The van der Waals surface area contributed by atoms with E-state index in [4.69, 9.17) is 9.84 Å². The van der Waals surface area contributed by atoms with Crippen LogP contribution in [-0.2, 0) is 11.3 Å². The molecule has 28 heavy (non-hydrogen) atoms. The number of benzene rings is 1. The Labute approximate surface area is 164 Å². The SMILES string of the molecule is COc1cccc(-c2cc(-c3cccnc3)nn2CCNC(=O)[C@H]2C[C@@H]2C)c1. The van der Waals surface area contributed by atoms with Crippen LogP contribution in [0.1, 0.15) is 13.3 Å². The zero-order valence-electron chi connectivity index (χ0n) is 16.1. The van der Waals surface area contributed by atoms with Crippen molar-refractivity contribution in [3.63, 3.8) is 0 Å². The zero-order valence-corrected chi connectivity index (χ0v) is 16.1. The van der Waals surface area contributed by atoms with Crippen LogP contribution >= 0.6 is 0 Å². The number of nitrogens with one attached hydrogen (secondary N) is 1. The summed E-state index contributed by atoms with van der Waals surface area (Å²) < 4.78 is 7.31. The number of methoxy groups -OCH3 is 1. The molecule has 1 aromatic carbocycles. The molecule has 144 valence electrons. The molecule has 2 aromatic heterocycles. The molecule has 0 radical (unpaired) electrons. The third-order valence-corrected chi connectivity index (χ3v) is 5.17. The second-order valence-electron chi connectivity index (χ2n) is 7.22. The molecular formula is C22H24N4O2. The molecule has 4 rings (SSSR count). The van der Waals surface area contributed by atoms with Gasteiger partial charge in [-0.2, -0.15) is 5.10 Å². The monoisotopic (exact) mass is 376 g/mol. The van der Waals surface area contributed by atoms with E-state index >= 15 is 0 Å². The summed E-state index contributed by atoms with van der Waals surface area (Å²) in [4.78, 5) is 16.3. The van der Waals surface area contributed by atoms with E-state index < -0.39 is 0 Å². The Kier molecular flexibility index (Phi) is 5.10. The number of aromatic nitrogens is 3. The number of hydrogen-bond acceptors (Lipinski definition) is 4. The fourth-order valence-corrected chi connectivity index (χ4v) is 3.36. The second-order valence-corrected chi connectivity index (χ2v) is 7.22. The highest BCUT2D eigenvalue weighted by molar-refractivity contribution is 5.81. The Bertz CT molecular complexity index is 968. The van der Waals surface area contributed by atoms with Crippen LogP contribution in [0.3, 0.4) is 0 Å². The van der Waals surface area contributed by atoms with Gasteiger partial charge in [0.15, 0.2) is 0 Å². The van der Waals surface area contributed by atoms with Crippen LogP contribution in [0, 0.1) is 11.8 Å². The predicted octanol–water partition coefficient (Wildman–Crippen LogP) is 3.39. The highest BCUT2D eigenvalue weighted by Crippen LogP contribution is 2.37. The number of carbonyl (C=O) groups is 1. The minimum absolute atomic E-state index is 0.148. The molecular weight excluding hydrogens is 352 g/mol. The Balaban J connectivity index is 1.59. The highest BCUT2D eigenvalue weighted by Gasteiger charge is 2.38. The number of rotatable bonds is 7. The summed E-state index contributed by atoms with van der Waals surface area (Å²) in [5.74, 6) is 1.63. The summed E-state index contributed by atoms with van der Waals surface area (Å²) in [5, 5.41) is 7.81. The lowest BCUT2D eigenvalue weighted by Crippen LogP contribution is -2.29. The molecule has 1 N–H and O–H groups in total. The lowest BCUT2D eigenvalue weighted by molar-refractivity contribution is -0.122. The quantitative estimate of drug-likeness (QED) is 0.686. The van der Waals surface area contributed by atoms with Gasteiger partial charge in [0, 0.05) is 36.0 Å². The van der Waals surface area contributed by atoms with E-state index in [1.807, 2.05) is 41.1 Å². The summed E-state index contributed by atoms with van der Waals surface area (Å²) in [6.07, 6.45) is 4.55. The maximum absolute atomic E-state index is 12.1. The van der Waals surface area contributed by atoms with E-state index in [0.717, 1.165) is 34.7 Å². The van der Waals surface area contributed by atoms with Crippen molar-refractivity contribution in [2.24, 2.45) is 11.8 Å². The van der Waals surface area contributed by atoms with Gasteiger partial charge in [-0.15, -0.1) is 0 Å². The van der Waals surface area contributed by atoms with Crippen LogP contribution in [-0.4, -0.2) is 34.3 Å². The van der Waals surface area contributed by atoms with Crippen LogP contribution in [0.5, 0.6) is 5.75 Å². The lowest BCUT2D eigenvalue weighted by Gasteiger charge is -2.10. The van der Waals surface area contributed by atoms with Crippen LogP contribution < -0.4 is 10.1 Å². The molecule has 1 fully saturated rings. The number of ether oxygens (including phenoxy) is 1. The molecule has 1 aliphatic rings. The molecule has 0 saturated heterocycles. The van der Waals surface area contributed by atoms with Crippen LogP contribution in [0.4, 0.5) is 0 Å². The van der Waals surface area contributed by atoms with Crippen molar-refractivity contribution >= 4 is 5.91 Å². The zero-order chi connectivity index (χ0) is 19.5. The molecule has 0 unspecified atom stereocenters. The molecule has 1 aliphatic carbocycles.